The lowest BCUT2D eigenvalue weighted by Gasteiger charge is -2.30. The fourth-order valence-corrected chi connectivity index (χ4v) is 8.23. The van der Waals surface area contributed by atoms with Crippen LogP contribution in [0, 0.1) is 33.8 Å². The standard InChI is InChI=1S/C31H23Br2N3O8/c32-26-21-14-22(27(26)33)25-24(21)29(39)35(30(25)40)34(28(38)17-6-10-19(11-7-17)36(42)43)15-23(37)16-8-12-20(13-9-16)44-31(41)18-4-2-1-3-5-18/h1-13,21-22,24-27H,14-15H2/t21-,22-,24-,25+,26-,27+/m1/s1. The number of hydrogen-bond donors (Lipinski definition) is 0. The van der Waals surface area contributed by atoms with Crippen LogP contribution < -0.4 is 4.74 Å². The number of esters is 1. The molecular weight excluding hydrogens is 702 g/mol. The first kappa shape index (κ1) is 29.8. The van der Waals surface area contributed by atoms with Gasteiger partial charge in [0.1, 0.15) is 12.3 Å². The summed E-state index contributed by atoms with van der Waals surface area (Å²) in [5.41, 5.74) is 0.211. The van der Waals surface area contributed by atoms with Crippen LogP contribution in [0.3, 0.4) is 0 Å². The maximum atomic E-state index is 13.8. The maximum absolute atomic E-state index is 13.8. The van der Waals surface area contributed by atoms with Crippen molar-refractivity contribution in [2.45, 2.75) is 16.1 Å². The van der Waals surface area contributed by atoms with Gasteiger partial charge in [-0.2, -0.15) is 5.01 Å². The fraction of sp³-hybridized carbons (Fsp3) is 0.258. The van der Waals surface area contributed by atoms with E-state index in [1.807, 2.05) is 0 Å². The topological polar surface area (TPSA) is 144 Å². The average molecular weight is 725 g/mol. The molecule has 2 bridgehead atoms. The lowest BCUT2D eigenvalue weighted by Crippen LogP contribution is -2.52. The summed E-state index contributed by atoms with van der Waals surface area (Å²) in [7, 11) is 0. The maximum Gasteiger partial charge on any atom is 0.343 e. The summed E-state index contributed by atoms with van der Waals surface area (Å²) in [6, 6.07) is 18.8. The second-order valence-corrected chi connectivity index (χ2v) is 13.0. The molecule has 1 aliphatic heterocycles. The minimum atomic E-state index is -0.832. The van der Waals surface area contributed by atoms with Crippen LogP contribution in [-0.2, 0) is 9.59 Å². The first-order valence-electron chi connectivity index (χ1n) is 13.7. The van der Waals surface area contributed by atoms with Gasteiger partial charge in [-0.3, -0.25) is 29.3 Å². The highest BCUT2D eigenvalue weighted by Gasteiger charge is 2.67. The molecule has 1 saturated heterocycles. The number of imide groups is 1. The highest BCUT2D eigenvalue weighted by atomic mass is 79.9. The van der Waals surface area contributed by atoms with Crippen molar-refractivity contribution >= 4 is 67.0 Å². The van der Waals surface area contributed by atoms with Gasteiger partial charge in [-0.15, -0.1) is 0 Å². The highest BCUT2D eigenvalue weighted by Crippen LogP contribution is 2.60. The van der Waals surface area contributed by atoms with Crippen molar-refractivity contribution in [2.75, 3.05) is 6.54 Å². The molecule has 0 unspecified atom stereocenters. The fourth-order valence-electron chi connectivity index (χ4n) is 6.36. The predicted molar refractivity (Wildman–Crippen MR) is 162 cm³/mol. The van der Waals surface area contributed by atoms with E-state index < -0.39 is 52.8 Å². The van der Waals surface area contributed by atoms with Crippen LogP contribution in [0.5, 0.6) is 5.75 Å². The zero-order valence-corrected chi connectivity index (χ0v) is 25.9. The summed E-state index contributed by atoms with van der Waals surface area (Å²) in [4.78, 5) is 77.7. The number of Topliss-reactive ketones (excluding diaryl/α,β-unsaturated/α-hetero) is 1. The Balaban J connectivity index is 1.26. The number of carbonyl (C=O) groups is 5. The van der Waals surface area contributed by atoms with E-state index in [2.05, 4.69) is 31.9 Å². The molecular formula is C31H23Br2N3O8. The molecule has 3 aliphatic rings. The summed E-state index contributed by atoms with van der Waals surface area (Å²) in [6.45, 7) is -0.652. The van der Waals surface area contributed by atoms with Crippen LogP contribution >= 0.6 is 31.9 Å². The number of halogens is 2. The van der Waals surface area contributed by atoms with Crippen molar-refractivity contribution in [3.8, 4) is 5.75 Å². The van der Waals surface area contributed by atoms with Crippen molar-refractivity contribution in [2.24, 2.45) is 23.7 Å². The molecule has 6 atom stereocenters. The van der Waals surface area contributed by atoms with Gasteiger partial charge in [-0.25, -0.2) is 9.80 Å². The number of nitrogens with zero attached hydrogens (tertiary/aromatic N) is 3. The van der Waals surface area contributed by atoms with E-state index in [1.54, 1.807) is 30.3 Å². The van der Waals surface area contributed by atoms with E-state index in [4.69, 9.17) is 4.74 Å². The molecule has 11 nitrogen and oxygen atoms in total. The molecule has 0 aromatic heterocycles. The zero-order valence-electron chi connectivity index (χ0n) is 22.7. The Hall–Kier alpha value is -4.23. The molecule has 3 aromatic carbocycles. The number of amides is 3. The monoisotopic (exact) mass is 723 g/mol. The average Bonchev–Trinajstić information content (AvgIpc) is 3.65. The Bertz CT molecular complexity index is 1650. The van der Waals surface area contributed by atoms with Crippen LogP contribution in [-0.4, -0.2) is 60.6 Å². The number of rotatable bonds is 8. The summed E-state index contributed by atoms with van der Waals surface area (Å²) < 4.78 is 5.37. The summed E-state index contributed by atoms with van der Waals surface area (Å²) in [5, 5.41) is 12.8. The van der Waals surface area contributed by atoms with Gasteiger partial charge in [-0.1, -0.05) is 50.1 Å². The first-order valence-corrected chi connectivity index (χ1v) is 15.5. The quantitative estimate of drug-likeness (QED) is 0.0611. The summed E-state index contributed by atoms with van der Waals surface area (Å²) >= 11 is 7.28. The number of fused-ring (bicyclic) bond motifs is 5. The molecule has 0 spiro atoms. The third-order valence-corrected chi connectivity index (χ3v) is 11.7. The van der Waals surface area contributed by atoms with E-state index in [0.29, 0.717) is 12.0 Å². The molecule has 2 aliphatic carbocycles. The van der Waals surface area contributed by atoms with Crippen molar-refractivity contribution in [1.29, 1.82) is 0 Å². The molecule has 3 fully saturated rings. The van der Waals surface area contributed by atoms with Crippen molar-refractivity contribution in [3.63, 3.8) is 0 Å². The Labute approximate surface area is 267 Å². The van der Waals surface area contributed by atoms with Gasteiger partial charge in [0.05, 0.1) is 22.3 Å². The molecule has 44 heavy (non-hydrogen) atoms. The Kier molecular flexibility index (Phi) is 7.93. The second-order valence-electron chi connectivity index (χ2n) is 10.9. The van der Waals surface area contributed by atoms with Crippen LogP contribution in [0.25, 0.3) is 0 Å². The number of benzene rings is 3. The molecule has 224 valence electrons. The lowest BCUT2D eigenvalue weighted by molar-refractivity contribution is -0.384. The first-order chi connectivity index (χ1) is 21.1. The number of hydrazine groups is 1. The number of nitro benzene ring substituents is 1. The van der Waals surface area contributed by atoms with E-state index >= 15 is 0 Å². The van der Waals surface area contributed by atoms with Crippen LogP contribution in [0.4, 0.5) is 5.69 Å². The highest BCUT2D eigenvalue weighted by molar-refractivity contribution is 9.12. The van der Waals surface area contributed by atoms with Crippen LogP contribution in [0.1, 0.15) is 37.5 Å². The van der Waals surface area contributed by atoms with Gasteiger partial charge >= 0.3 is 5.97 Å². The molecule has 0 radical (unpaired) electrons. The third kappa shape index (κ3) is 5.13. The van der Waals surface area contributed by atoms with Gasteiger partial charge < -0.3 is 4.74 Å². The predicted octanol–water partition coefficient (Wildman–Crippen LogP) is 4.83. The molecule has 13 heteroatoms. The number of nitro groups is 1. The normalized spacial score (nSPS) is 25.1. The number of ether oxygens (including phenoxy) is 1. The molecule has 3 aromatic rings. The number of hydrogen-bond acceptors (Lipinski definition) is 8. The molecule has 3 amide bonds. The summed E-state index contributed by atoms with van der Waals surface area (Å²) in [5.74, 6) is -4.41. The zero-order chi connectivity index (χ0) is 31.3. The SMILES string of the molecule is O=C(CN(C(=O)c1ccc([N+](=O)[O-])cc1)N1C(=O)[C@@H]2[C@H]3C[C@@H]([C@H](Br)[C@@H]3Br)[C@@H]2C1=O)c1ccc(OC(=O)c2ccccc2)cc1. The number of alkyl halides is 2. The Morgan fingerprint density at radius 1 is 0.818 bits per heavy atom. The number of non-ortho nitro benzene ring substituents is 1. The van der Waals surface area contributed by atoms with Gasteiger partial charge in [0.2, 0.25) is 0 Å². The smallest absolute Gasteiger partial charge is 0.343 e. The van der Waals surface area contributed by atoms with Gasteiger partial charge in [-0.05, 0) is 66.8 Å². The van der Waals surface area contributed by atoms with Gasteiger partial charge in [0.25, 0.3) is 23.4 Å². The van der Waals surface area contributed by atoms with Crippen LogP contribution in [0.15, 0.2) is 78.9 Å². The largest absolute Gasteiger partial charge is 0.423 e. The minimum Gasteiger partial charge on any atom is -0.423 e. The van der Waals surface area contributed by atoms with Gasteiger partial charge in [0.15, 0.2) is 5.78 Å². The van der Waals surface area contributed by atoms with Crippen LogP contribution in [0.2, 0.25) is 0 Å². The molecule has 0 N–H and O–H groups in total. The van der Waals surface area contributed by atoms with E-state index in [-0.39, 0.29) is 44.1 Å². The molecule has 2 saturated carbocycles. The summed E-state index contributed by atoms with van der Waals surface area (Å²) in [6.07, 6.45) is 0.683. The van der Waals surface area contributed by atoms with Crippen molar-refractivity contribution in [1.82, 2.24) is 10.0 Å². The molecule has 1 heterocycles. The second kappa shape index (κ2) is 11.7. The van der Waals surface area contributed by atoms with E-state index in [9.17, 15) is 34.1 Å². The van der Waals surface area contributed by atoms with E-state index in [1.165, 1.54) is 36.4 Å². The number of carbonyl (C=O) groups excluding carboxylic acids is 5. The number of ketones is 1. The van der Waals surface area contributed by atoms with E-state index in [0.717, 1.165) is 22.2 Å². The molecule has 6 rings (SSSR count). The third-order valence-electron chi connectivity index (χ3n) is 8.45. The Morgan fingerprint density at radius 3 is 1.91 bits per heavy atom. The minimum absolute atomic E-state index is 0.0274. The van der Waals surface area contributed by atoms with Crippen molar-refractivity contribution < 1.29 is 33.6 Å². The van der Waals surface area contributed by atoms with Gasteiger partial charge in [0, 0.05) is 32.9 Å². The lowest BCUT2D eigenvalue weighted by atomic mass is 9.81. The Morgan fingerprint density at radius 2 is 1.36 bits per heavy atom. The van der Waals surface area contributed by atoms with Crippen molar-refractivity contribution in [3.05, 3.63) is 106 Å².